The SMILES string of the molecule is CC(C)CC[C@@]1(C)C(=O)C(C2=NS(O)(O)c3cc(NS(=O)(=O)CCl)ccc3N2)=C(O)c2ccccc21. The molecular weight excluding hydrogens is 526 g/mol. The van der Waals surface area contributed by atoms with Crippen LogP contribution in [0.2, 0.25) is 0 Å². The second kappa shape index (κ2) is 9.38. The summed E-state index contributed by atoms with van der Waals surface area (Å²) >= 11 is 5.43. The molecule has 0 bridgehead atoms. The molecule has 0 radical (unpaired) electrons. The van der Waals surface area contributed by atoms with Gasteiger partial charge in [0.05, 0.1) is 16.8 Å². The molecule has 0 spiro atoms. The highest BCUT2D eigenvalue weighted by Gasteiger charge is 2.46. The lowest BCUT2D eigenvalue weighted by Gasteiger charge is -2.39. The number of carbonyl (C=O) groups is 1. The minimum Gasteiger partial charge on any atom is -0.506 e. The molecule has 0 saturated carbocycles. The van der Waals surface area contributed by atoms with Gasteiger partial charge in [-0.2, -0.15) is 0 Å². The van der Waals surface area contributed by atoms with Gasteiger partial charge in [0.2, 0.25) is 10.0 Å². The first kappa shape index (κ1) is 26.5. The highest BCUT2D eigenvalue weighted by Crippen LogP contribution is 2.57. The maximum absolute atomic E-state index is 13.9. The Bertz CT molecular complexity index is 1400. The molecule has 0 saturated heterocycles. The molecule has 0 fully saturated rings. The van der Waals surface area contributed by atoms with E-state index in [1.54, 1.807) is 12.1 Å². The largest absolute Gasteiger partial charge is 0.506 e. The average Bonchev–Trinajstić information content (AvgIpc) is 2.81. The highest BCUT2D eigenvalue weighted by atomic mass is 35.5. The van der Waals surface area contributed by atoms with Gasteiger partial charge in [-0.1, -0.05) is 48.9 Å². The molecule has 12 heteroatoms. The van der Waals surface area contributed by atoms with Crippen molar-refractivity contribution in [2.45, 2.75) is 43.9 Å². The number of benzene rings is 2. The predicted octanol–water partition coefficient (Wildman–Crippen LogP) is 5.72. The Balaban J connectivity index is 1.80. The predicted molar refractivity (Wildman–Crippen MR) is 144 cm³/mol. The molecule has 2 aliphatic rings. The van der Waals surface area contributed by atoms with Crippen molar-refractivity contribution < 1.29 is 27.4 Å². The first-order valence-corrected chi connectivity index (χ1v) is 14.9. The summed E-state index contributed by atoms with van der Waals surface area (Å²) in [7, 11) is -7.66. The zero-order chi connectivity index (χ0) is 26.5. The van der Waals surface area contributed by atoms with Gasteiger partial charge in [-0.15, -0.1) is 16.0 Å². The summed E-state index contributed by atoms with van der Waals surface area (Å²) in [6.45, 7) is 5.96. The van der Waals surface area contributed by atoms with Crippen molar-refractivity contribution in [3.8, 4) is 0 Å². The van der Waals surface area contributed by atoms with Gasteiger partial charge in [-0.3, -0.25) is 18.6 Å². The maximum atomic E-state index is 13.9. The summed E-state index contributed by atoms with van der Waals surface area (Å²) < 4.78 is 51.6. The first-order valence-electron chi connectivity index (χ1n) is 11.2. The number of alkyl halides is 1. The minimum atomic E-state index is -3.85. The number of fused-ring (bicyclic) bond motifs is 2. The van der Waals surface area contributed by atoms with Crippen LogP contribution in [0.1, 0.15) is 44.7 Å². The number of sulfonamides is 1. The Labute approximate surface area is 216 Å². The Morgan fingerprint density at radius 1 is 1.19 bits per heavy atom. The van der Waals surface area contributed by atoms with Crippen LogP contribution < -0.4 is 10.0 Å². The molecule has 4 rings (SSSR count). The average molecular weight is 554 g/mol. The van der Waals surface area contributed by atoms with Crippen LogP contribution in [0, 0.1) is 5.92 Å². The molecule has 1 heterocycles. The van der Waals surface area contributed by atoms with E-state index in [4.69, 9.17) is 11.6 Å². The number of aliphatic hydroxyl groups excluding tert-OH is 1. The van der Waals surface area contributed by atoms with Crippen LogP contribution >= 0.6 is 22.4 Å². The lowest BCUT2D eigenvalue weighted by Crippen LogP contribution is -2.42. The van der Waals surface area contributed by atoms with E-state index < -0.39 is 31.4 Å². The zero-order valence-electron chi connectivity index (χ0n) is 19.9. The van der Waals surface area contributed by atoms with Crippen LogP contribution in [0.3, 0.4) is 0 Å². The molecule has 0 amide bonds. The number of halogens is 1. The number of Topliss-reactive ketones (excluding diaryl/α,β-unsaturated/α-hetero) is 1. The second-order valence-corrected chi connectivity index (χ2v) is 13.5. The summed E-state index contributed by atoms with van der Waals surface area (Å²) in [4.78, 5) is 13.9. The Kier molecular flexibility index (Phi) is 6.91. The number of carbonyl (C=O) groups excluding carboxylic acids is 1. The van der Waals surface area contributed by atoms with Crippen molar-refractivity contribution in [1.82, 2.24) is 0 Å². The Hall–Kier alpha value is -2.57. The van der Waals surface area contributed by atoms with E-state index >= 15 is 0 Å². The van der Waals surface area contributed by atoms with E-state index in [0.717, 1.165) is 6.42 Å². The van der Waals surface area contributed by atoms with E-state index in [2.05, 4.69) is 28.3 Å². The summed E-state index contributed by atoms with van der Waals surface area (Å²) in [5, 5.41) is 13.4. The fourth-order valence-corrected chi connectivity index (χ4v) is 6.31. The number of amidine groups is 1. The summed E-state index contributed by atoms with van der Waals surface area (Å²) in [5.74, 6) is -0.492. The van der Waals surface area contributed by atoms with E-state index in [1.165, 1.54) is 18.2 Å². The van der Waals surface area contributed by atoms with Gasteiger partial charge in [0.1, 0.15) is 21.4 Å². The Morgan fingerprint density at radius 3 is 2.56 bits per heavy atom. The fraction of sp³-hybridized carbons (Fsp3) is 0.333. The lowest BCUT2D eigenvalue weighted by atomic mass is 9.66. The van der Waals surface area contributed by atoms with Gasteiger partial charge in [0.25, 0.3) is 0 Å². The van der Waals surface area contributed by atoms with Gasteiger partial charge >= 0.3 is 0 Å². The number of nitrogens with zero attached hydrogens (tertiary/aromatic N) is 1. The van der Waals surface area contributed by atoms with Gasteiger partial charge in [-0.05, 0) is 49.4 Å². The molecule has 1 atom stereocenters. The van der Waals surface area contributed by atoms with Gasteiger partial charge in [0.15, 0.2) is 11.6 Å². The van der Waals surface area contributed by atoms with Crippen LogP contribution in [-0.2, 0) is 20.2 Å². The number of hydrogen-bond acceptors (Lipinski definition) is 8. The van der Waals surface area contributed by atoms with Crippen LogP contribution in [-0.4, -0.2) is 39.5 Å². The molecule has 1 aliphatic heterocycles. The quantitative estimate of drug-likeness (QED) is 0.275. The van der Waals surface area contributed by atoms with E-state index in [0.29, 0.717) is 23.5 Å². The van der Waals surface area contributed by atoms with E-state index in [1.807, 2.05) is 19.1 Å². The van der Waals surface area contributed by atoms with Crippen molar-refractivity contribution in [3.05, 3.63) is 59.2 Å². The van der Waals surface area contributed by atoms with Crippen molar-refractivity contribution in [3.63, 3.8) is 0 Å². The third kappa shape index (κ3) is 4.73. The minimum absolute atomic E-state index is 0.0626. The molecule has 194 valence electrons. The number of hydrogen-bond donors (Lipinski definition) is 5. The Morgan fingerprint density at radius 2 is 1.89 bits per heavy atom. The van der Waals surface area contributed by atoms with Gasteiger partial charge in [-0.25, -0.2) is 8.42 Å². The monoisotopic (exact) mass is 553 g/mol. The highest BCUT2D eigenvalue weighted by molar-refractivity contribution is 8.23. The first-order chi connectivity index (χ1) is 16.8. The molecule has 2 aromatic rings. The third-order valence-corrected chi connectivity index (χ3v) is 9.43. The smallest absolute Gasteiger partial charge is 0.246 e. The fourth-order valence-electron chi connectivity index (χ4n) is 4.41. The molecule has 0 aromatic heterocycles. The molecule has 5 N–H and O–H groups in total. The van der Waals surface area contributed by atoms with Crippen LogP contribution in [0.15, 0.2) is 57.3 Å². The van der Waals surface area contributed by atoms with Crippen molar-refractivity contribution >= 4 is 61.2 Å². The molecule has 0 unspecified atom stereocenters. The molecule has 9 nitrogen and oxygen atoms in total. The summed E-state index contributed by atoms with van der Waals surface area (Å²) in [6, 6.07) is 11.2. The summed E-state index contributed by atoms with van der Waals surface area (Å²) in [5.41, 5.74) is 0.384. The number of rotatable bonds is 7. The maximum Gasteiger partial charge on any atom is 0.246 e. The molecular formula is C24H28ClN3O6S2. The molecule has 1 aliphatic carbocycles. The topological polar surface area (TPSA) is 148 Å². The lowest BCUT2D eigenvalue weighted by molar-refractivity contribution is -0.120. The number of anilines is 2. The standard InChI is InChI=1S/C24H28ClN3O6S2/c1-14(2)10-11-24(3)17-7-5-4-6-16(17)21(29)20(22(24)30)23-26-18-9-8-15(27-35(31,32)13-25)12-19(18)36(33,34)28-23/h4-9,12,14,27,29,33-34H,10-11,13H2,1-3H3,(H,26,28)/t24-/m1/s1. The number of nitrogens with one attached hydrogen (secondary N) is 2. The van der Waals surface area contributed by atoms with Crippen LogP contribution in [0.25, 0.3) is 5.76 Å². The summed E-state index contributed by atoms with van der Waals surface area (Å²) in [6.07, 6.45) is 1.30. The van der Waals surface area contributed by atoms with Crippen molar-refractivity contribution in [1.29, 1.82) is 0 Å². The van der Waals surface area contributed by atoms with E-state index in [9.17, 15) is 27.4 Å². The van der Waals surface area contributed by atoms with Crippen molar-refractivity contribution in [2.24, 2.45) is 10.3 Å². The zero-order valence-corrected chi connectivity index (χ0v) is 22.3. The normalized spacial score (nSPS) is 21.9. The molecule has 2 aromatic carbocycles. The van der Waals surface area contributed by atoms with E-state index in [-0.39, 0.29) is 39.2 Å². The third-order valence-electron chi connectivity index (χ3n) is 6.37. The van der Waals surface area contributed by atoms with Crippen LogP contribution in [0.4, 0.5) is 11.4 Å². The van der Waals surface area contributed by atoms with Gasteiger partial charge in [0, 0.05) is 5.56 Å². The van der Waals surface area contributed by atoms with Gasteiger partial charge < -0.3 is 10.4 Å². The second-order valence-electron chi connectivity index (χ2n) is 9.48. The van der Waals surface area contributed by atoms with Crippen molar-refractivity contribution in [2.75, 3.05) is 15.3 Å². The molecule has 36 heavy (non-hydrogen) atoms. The van der Waals surface area contributed by atoms with Crippen LogP contribution in [0.5, 0.6) is 0 Å². The number of ketones is 1. The number of aliphatic hydroxyl groups is 1.